The zero-order valence-corrected chi connectivity index (χ0v) is 12.2. The van der Waals surface area contributed by atoms with Gasteiger partial charge in [-0.3, -0.25) is 4.79 Å². The van der Waals surface area contributed by atoms with Crippen LogP contribution in [0.2, 0.25) is 0 Å². The van der Waals surface area contributed by atoms with E-state index in [0.29, 0.717) is 13.2 Å². The molecule has 0 saturated carbocycles. The molecule has 6 nitrogen and oxygen atoms in total. The fourth-order valence-electron chi connectivity index (χ4n) is 2.65. The van der Waals surface area contributed by atoms with Crippen molar-refractivity contribution in [1.82, 2.24) is 4.90 Å². The summed E-state index contributed by atoms with van der Waals surface area (Å²) in [4.78, 5) is 24.2. The third-order valence-corrected chi connectivity index (χ3v) is 4.07. The van der Waals surface area contributed by atoms with Crippen molar-refractivity contribution in [3.05, 3.63) is 0 Å². The molecule has 0 bridgehead atoms. The number of likely N-dealkylation sites (tertiary alicyclic amines) is 1. The van der Waals surface area contributed by atoms with Crippen molar-refractivity contribution in [2.24, 2.45) is 0 Å². The Morgan fingerprint density at radius 2 is 2.29 bits per heavy atom. The Balaban J connectivity index is 1.78. The number of ether oxygens (including phenoxy) is 2. The lowest BCUT2D eigenvalue weighted by Gasteiger charge is -2.26. The van der Waals surface area contributed by atoms with E-state index in [9.17, 15) is 14.0 Å². The largest absolute Gasteiger partial charge is 0.479 e. The topological polar surface area (TPSA) is 76.1 Å². The summed E-state index contributed by atoms with van der Waals surface area (Å²) in [5, 5.41) is 8.82. The summed E-state index contributed by atoms with van der Waals surface area (Å²) in [5.74, 6) is -1.88. The maximum absolute atomic E-state index is 13.9. The minimum Gasteiger partial charge on any atom is -0.479 e. The number of amides is 1. The molecule has 0 aromatic rings. The van der Waals surface area contributed by atoms with Crippen LogP contribution in [0.1, 0.15) is 32.6 Å². The van der Waals surface area contributed by atoms with Gasteiger partial charge in [0.2, 0.25) is 5.67 Å². The Morgan fingerprint density at radius 1 is 1.52 bits per heavy atom. The molecule has 120 valence electrons. The van der Waals surface area contributed by atoms with Gasteiger partial charge in [-0.05, 0) is 26.2 Å². The highest BCUT2D eigenvalue weighted by Crippen LogP contribution is 2.26. The standard InChI is InChI=1S/C14H22FNO5/c1-10(21-8-11-4-2-3-7-20-11)12(17)16-6-5-14(15,9-16)13(18)19/h10-11H,2-9H2,1H3,(H,18,19). The SMILES string of the molecule is CC(OCC1CCCCO1)C(=O)N1CCC(F)(C(=O)O)C1. The maximum atomic E-state index is 13.9. The van der Waals surface area contributed by atoms with Gasteiger partial charge in [0.05, 0.1) is 19.3 Å². The minimum absolute atomic E-state index is 0.00636. The van der Waals surface area contributed by atoms with Gasteiger partial charge in [0.15, 0.2) is 0 Å². The molecule has 2 aliphatic heterocycles. The zero-order chi connectivity index (χ0) is 15.5. The van der Waals surface area contributed by atoms with E-state index in [-0.39, 0.29) is 25.0 Å². The summed E-state index contributed by atoms with van der Waals surface area (Å²) in [5.41, 5.74) is -2.33. The van der Waals surface area contributed by atoms with Crippen molar-refractivity contribution in [3.8, 4) is 0 Å². The average molecular weight is 303 g/mol. The molecule has 2 heterocycles. The van der Waals surface area contributed by atoms with Crippen LogP contribution < -0.4 is 0 Å². The highest BCUT2D eigenvalue weighted by Gasteiger charge is 2.47. The first-order valence-corrected chi connectivity index (χ1v) is 7.37. The van der Waals surface area contributed by atoms with Gasteiger partial charge in [0, 0.05) is 19.6 Å². The van der Waals surface area contributed by atoms with Gasteiger partial charge in [-0.2, -0.15) is 0 Å². The lowest BCUT2D eigenvalue weighted by molar-refractivity contribution is -0.151. The number of carbonyl (C=O) groups is 2. The van der Waals surface area contributed by atoms with Gasteiger partial charge in [0.1, 0.15) is 6.10 Å². The molecule has 2 rings (SSSR count). The third-order valence-electron chi connectivity index (χ3n) is 4.07. The molecule has 0 aromatic carbocycles. The average Bonchev–Trinajstić information content (AvgIpc) is 2.89. The summed E-state index contributed by atoms with van der Waals surface area (Å²) >= 11 is 0. The number of alkyl halides is 1. The first kappa shape index (κ1) is 16.2. The van der Waals surface area contributed by atoms with Crippen LogP contribution in [0.25, 0.3) is 0 Å². The molecule has 2 saturated heterocycles. The lowest BCUT2D eigenvalue weighted by atomic mass is 10.1. The molecule has 1 N–H and O–H groups in total. The van der Waals surface area contributed by atoms with E-state index in [1.165, 1.54) is 4.90 Å². The van der Waals surface area contributed by atoms with Crippen LogP contribution in [0.15, 0.2) is 0 Å². The van der Waals surface area contributed by atoms with Crippen LogP contribution in [0.4, 0.5) is 4.39 Å². The van der Waals surface area contributed by atoms with E-state index < -0.39 is 24.3 Å². The highest BCUT2D eigenvalue weighted by atomic mass is 19.1. The number of hydrogen-bond donors (Lipinski definition) is 1. The van der Waals surface area contributed by atoms with Crippen molar-refractivity contribution in [2.45, 2.75) is 50.5 Å². The molecule has 0 aromatic heterocycles. The van der Waals surface area contributed by atoms with E-state index in [1.807, 2.05) is 0 Å². The number of carbonyl (C=O) groups excluding carboxylic acids is 1. The van der Waals surface area contributed by atoms with Gasteiger partial charge in [-0.1, -0.05) is 0 Å². The lowest BCUT2D eigenvalue weighted by Crippen LogP contribution is -2.43. The van der Waals surface area contributed by atoms with Crippen LogP contribution in [0, 0.1) is 0 Å². The predicted octanol–water partition coefficient (Wildman–Crippen LogP) is 0.986. The molecule has 2 fully saturated rings. The first-order valence-electron chi connectivity index (χ1n) is 7.37. The van der Waals surface area contributed by atoms with Crippen LogP contribution in [0.5, 0.6) is 0 Å². The second-order valence-corrected chi connectivity index (χ2v) is 5.74. The highest BCUT2D eigenvalue weighted by molar-refractivity contribution is 5.84. The Morgan fingerprint density at radius 3 is 2.86 bits per heavy atom. The van der Waals surface area contributed by atoms with Crippen molar-refractivity contribution in [3.63, 3.8) is 0 Å². The molecule has 0 spiro atoms. The molecule has 0 aliphatic carbocycles. The number of carboxylic acids is 1. The summed E-state index contributed by atoms with van der Waals surface area (Å²) in [6, 6.07) is 0. The quantitative estimate of drug-likeness (QED) is 0.819. The van der Waals surface area contributed by atoms with E-state index in [1.54, 1.807) is 6.92 Å². The molecule has 1 amide bonds. The zero-order valence-electron chi connectivity index (χ0n) is 12.2. The van der Waals surface area contributed by atoms with Gasteiger partial charge in [0.25, 0.3) is 5.91 Å². The molecule has 0 radical (unpaired) electrons. The number of hydrogen-bond acceptors (Lipinski definition) is 4. The Hall–Kier alpha value is -1.21. The summed E-state index contributed by atoms with van der Waals surface area (Å²) in [6.45, 7) is 2.35. The molecular weight excluding hydrogens is 281 g/mol. The van der Waals surface area contributed by atoms with Crippen LogP contribution in [0.3, 0.4) is 0 Å². The molecule has 2 aliphatic rings. The normalized spacial score (nSPS) is 31.1. The smallest absolute Gasteiger partial charge is 0.343 e. The first-order chi connectivity index (χ1) is 9.92. The summed E-state index contributed by atoms with van der Waals surface area (Å²) in [7, 11) is 0. The second kappa shape index (κ2) is 6.70. The van der Waals surface area contributed by atoms with Crippen LogP contribution >= 0.6 is 0 Å². The van der Waals surface area contributed by atoms with Crippen molar-refractivity contribution >= 4 is 11.9 Å². The Labute approximate surface area is 123 Å². The van der Waals surface area contributed by atoms with E-state index in [2.05, 4.69) is 0 Å². The second-order valence-electron chi connectivity index (χ2n) is 5.74. The summed E-state index contributed by atoms with van der Waals surface area (Å²) in [6.07, 6.45) is 2.17. The van der Waals surface area contributed by atoms with Crippen LogP contribution in [-0.4, -0.2) is 66.1 Å². The number of rotatable bonds is 5. The van der Waals surface area contributed by atoms with E-state index in [0.717, 1.165) is 19.3 Å². The van der Waals surface area contributed by atoms with Crippen molar-refractivity contribution in [1.29, 1.82) is 0 Å². The summed E-state index contributed by atoms with van der Waals surface area (Å²) < 4.78 is 24.9. The predicted molar refractivity (Wildman–Crippen MR) is 71.7 cm³/mol. The van der Waals surface area contributed by atoms with Gasteiger partial charge in [-0.25, -0.2) is 9.18 Å². The molecule has 7 heteroatoms. The van der Waals surface area contributed by atoms with Gasteiger partial charge < -0.3 is 19.5 Å². The van der Waals surface area contributed by atoms with E-state index in [4.69, 9.17) is 14.6 Å². The van der Waals surface area contributed by atoms with Gasteiger partial charge >= 0.3 is 5.97 Å². The molecule has 3 unspecified atom stereocenters. The van der Waals surface area contributed by atoms with Crippen molar-refractivity contribution in [2.75, 3.05) is 26.3 Å². The Kier molecular flexibility index (Phi) is 5.16. The monoisotopic (exact) mass is 303 g/mol. The number of carboxylic acid groups (broad SMARTS) is 1. The van der Waals surface area contributed by atoms with Crippen LogP contribution in [-0.2, 0) is 19.1 Å². The Bertz CT molecular complexity index is 399. The molecule has 3 atom stereocenters. The van der Waals surface area contributed by atoms with E-state index >= 15 is 0 Å². The molecular formula is C14H22FNO5. The maximum Gasteiger partial charge on any atom is 0.343 e. The van der Waals surface area contributed by atoms with Crippen molar-refractivity contribution < 1.29 is 28.6 Å². The van der Waals surface area contributed by atoms with Gasteiger partial charge in [-0.15, -0.1) is 0 Å². The number of halogens is 1. The number of nitrogens with zero attached hydrogens (tertiary/aromatic N) is 1. The third kappa shape index (κ3) is 3.91. The minimum atomic E-state index is -2.33. The fraction of sp³-hybridized carbons (Fsp3) is 0.857. The fourth-order valence-corrected chi connectivity index (χ4v) is 2.65. The molecule has 21 heavy (non-hydrogen) atoms. The number of aliphatic carboxylic acids is 1.